The fourth-order valence-corrected chi connectivity index (χ4v) is 4.02. The van der Waals surface area contributed by atoms with Crippen molar-refractivity contribution in [3.05, 3.63) is 66.5 Å². The van der Waals surface area contributed by atoms with Gasteiger partial charge in [-0.15, -0.1) is 0 Å². The van der Waals surface area contributed by atoms with Gasteiger partial charge >= 0.3 is 0 Å². The van der Waals surface area contributed by atoms with E-state index in [0.717, 1.165) is 64.4 Å². The van der Waals surface area contributed by atoms with E-state index in [1.54, 1.807) is 12.4 Å². The number of H-pyrrole nitrogens is 2. The Bertz CT molecular complexity index is 1400. The average molecular weight is 393 g/mol. The molecule has 0 atom stereocenters. The highest BCUT2D eigenvalue weighted by atomic mass is 15.1. The van der Waals surface area contributed by atoms with Crippen LogP contribution in [0.4, 0.5) is 0 Å². The number of nitrogens with one attached hydrogen (secondary N) is 3. The fraction of sp³-hybridized carbons (Fsp3) is 0.130. The predicted molar refractivity (Wildman–Crippen MR) is 118 cm³/mol. The molecule has 1 aliphatic heterocycles. The van der Waals surface area contributed by atoms with E-state index < -0.39 is 0 Å². The molecule has 6 rings (SSSR count). The molecular weight excluding hydrogens is 374 g/mol. The minimum atomic E-state index is 0.720. The molecule has 0 radical (unpaired) electrons. The van der Waals surface area contributed by atoms with Gasteiger partial charge in [-0.05, 0) is 54.4 Å². The van der Waals surface area contributed by atoms with Crippen molar-refractivity contribution in [2.75, 3.05) is 13.1 Å². The van der Waals surface area contributed by atoms with Crippen molar-refractivity contribution in [3.8, 4) is 22.9 Å². The third kappa shape index (κ3) is 2.79. The molecule has 7 heteroatoms. The van der Waals surface area contributed by atoms with Crippen LogP contribution in [0.15, 0.2) is 60.9 Å². The molecule has 1 aromatic carbocycles. The summed E-state index contributed by atoms with van der Waals surface area (Å²) in [6.45, 7) is 1.92. The van der Waals surface area contributed by atoms with Crippen molar-refractivity contribution >= 4 is 27.5 Å². The molecule has 7 nitrogen and oxygen atoms in total. The molecule has 0 aliphatic carbocycles. The number of benzene rings is 1. The van der Waals surface area contributed by atoms with E-state index in [9.17, 15) is 0 Å². The summed E-state index contributed by atoms with van der Waals surface area (Å²) in [5, 5.41) is 12.1. The molecule has 5 heterocycles. The molecule has 0 fully saturated rings. The number of fused-ring (bicyclic) bond motifs is 2. The lowest BCUT2D eigenvalue weighted by Gasteiger charge is -2.14. The highest BCUT2D eigenvalue weighted by Gasteiger charge is 2.17. The Morgan fingerprint density at radius 3 is 2.77 bits per heavy atom. The Labute approximate surface area is 172 Å². The van der Waals surface area contributed by atoms with Gasteiger partial charge in [-0.2, -0.15) is 5.10 Å². The van der Waals surface area contributed by atoms with E-state index >= 15 is 0 Å². The standard InChI is InChI=1S/C23H19N7/c1-2-9-25-18(3-1)21-22-19(8-12-26-21)27-23(28-22)20-16-13-15(4-5-17(16)29-30-20)14-6-10-24-11-7-14/h1-6,8-9,12-13,24H,7,10-11H2,(H,27,28)(H,29,30). The van der Waals surface area contributed by atoms with Gasteiger partial charge in [0.15, 0.2) is 5.82 Å². The molecule has 30 heavy (non-hydrogen) atoms. The van der Waals surface area contributed by atoms with Crippen LogP contribution < -0.4 is 5.32 Å². The predicted octanol–water partition coefficient (Wildman–Crippen LogP) is 3.94. The first-order valence-corrected chi connectivity index (χ1v) is 10.0. The van der Waals surface area contributed by atoms with Crippen LogP contribution in [-0.2, 0) is 0 Å². The minimum Gasteiger partial charge on any atom is -0.336 e. The molecule has 3 N–H and O–H groups in total. The van der Waals surface area contributed by atoms with Gasteiger partial charge in [0, 0.05) is 24.3 Å². The summed E-state index contributed by atoms with van der Waals surface area (Å²) in [7, 11) is 0. The van der Waals surface area contributed by atoms with Gasteiger partial charge in [-0.25, -0.2) is 4.98 Å². The Balaban J connectivity index is 1.50. The zero-order valence-electron chi connectivity index (χ0n) is 16.2. The molecule has 0 amide bonds. The molecule has 4 aromatic heterocycles. The second-order valence-electron chi connectivity index (χ2n) is 7.37. The van der Waals surface area contributed by atoms with E-state index in [1.807, 2.05) is 24.3 Å². The number of imidazole rings is 1. The first kappa shape index (κ1) is 17.1. The summed E-state index contributed by atoms with van der Waals surface area (Å²) < 4.78 is 0. The Hall–Kier alpha value is -3.84. The number of hydrogen-bond acceptors (Lipinski definition) is 5. The summed E-state index contributed by atoms with van der Waals surface area (Å²) in [5.74, 6) is 0.720. The van der Waals surface area contributed by atoms with Crippen LogP contribution in [0.25, 0.3) is 50.4 Å². The third-order valence-electron chi connectivity index (χ3n) is 5.53. The second-order valence-corrected chi connectivity index (χ2v) is 7.37. The Morgan fingerprint density at radius 2 is 1.90 bits per heavy atom. The molecule has 1 aliphatic rings. The van der Waals surface area contributed by atoms with Crippen molar-refractivity contribution in [2.45, 2.75) is 6.42 Å². The van der Waals surface area contributed by atoms with Crippen LogP contribution in [0.2, 0.25) is 0 Å². The van der Waals surface area contributed by atoms with Gasteiger partial charge < -0.3 is 10.3 Å². The van der Waals surface area contributed by atoms with Gasteiger partial charge in [0.25, 0.3) is 0 Å². The van der Waals surface area contributed by atoms with E-state index in [2.05, 4.69) is 54.7 Å². The first-order chi connectivity index (χ1) is 14.9. The molecule has 0 unspecified atom stereocenters. The number of pyridine rings is 2. The molecular formula is C23H19N7. The van der Waals surface area contributed by atoms with Gasteiger partial charge in [0.1, 0.15) is 16.9 Å². The van der Waals surface area contributed by atoms with E-state index in [-0.39, 0.29) is 0 Å². The molecule has 5 aromatic rings. The highest BCUT2D eigenvalue weighted by molar-refractivity contribution is 5.96. The van der Waals surface area contributed by atoms with Crippen LogP contribution in [-0.4, -0.2) is 43.2 Å². The summed E-state index contributed by atoms with van der Waals surface area (Å²) in [4.78, 5) is 17.2. The summed E-state index contributed by atoms with van der Waals surface area (Å²) >= 11 is 0. The normalized spacial score (nSPS) is 14.3. The summed E-state index contributed by atoms with van der Waals surface area (Å²) in [6, 6.07) is 14.2. The van der Waals surface area contributed by atoms with Crippen molar-refractivity contribution < 1.29 is 0 Å². The third-order valence-corrected chi connectivity index (χ3v) is 5.53. The quantitative estimate of drug-likeness (QED) is 0.432. The SMILES string of the molecule is C1=C(c2ccc3[nH]nc(-c4nc5c(-c6ccccn6)nccc5[nH]4)c3c2)CCNC1. The van der Waals surface area contributed by atoms with Crippen LogP contribution in [0.1, 0.15) is 12.0 Å². The number of hydrogen-bond donors (Lipinski definition) is 3. The topological polar surface area (TPSA) is 95.2 Å². The zero-order valence-corrected chi connectivity index (χ0v) is 16.2. The van der Waals surface area contributed by atoms with E-state index in [4.69, 9.17) is 4.98 Å². The lowest BCUT2D eigenvalue weighted by atomic mass is 9.98. The Kier molecular flexibility index (Phi) is 3.92. The maximum atomic E-state index is 4.86. The molecule has 146 valence electrons. The molecule has 0 spiro atoms. The van der Waals surface area contributed by atoms with Gasteiger partial charge in [0.05, 0.1) is 16.7 Å². The van der Waals surface area contributed by atoms with Crippen molar-refractivity contribution in [1.82, 2.24) is 35.5 Å². The smallest absolute Gasteiger partial charge is 0.159 e. The number of rotatable bonds is 3. The van der Waals surface area contributed by atoms with E-state index in [0.29, 0.717) is 0 Å². The average Bonchev–Trinajstić information content (AvgIpc) is 3.43. The van der Waals surface area contributed by atoms with Gasteiger partial charge in [-0.3, -0.25) is 15.1 Å². The summed E-state index contributed by atoms with van der Waals surface area (Å²) in [5.41, 5.74) is 7.67. The minimum absolute atomic E-state index is 0.720. The first-order valence-electron chi connectivity index (χ1n) is 10.0. The van der Waals surface area contributed by atoms with Crippen LogP contribution >= 0.6 is 0 Å². The van der Waals surface area contributed by atoms with Crippen molar-refractivity contribution in [2.24, 2.45) is 0 Å². The van der Waals surface area contributed by atoms with Gasteiger partial charge in [-0.1, -0.05) is 18.2 Å². The second kappa shape index (κ2) is 6.89. The number of aromatic amines is 2. The zero-order chi connectivity index (χ0) is 19.9. The maximum Gasteiger partial charge on any atom is 0.159 e. The van der Waals surface area contributed by atoms with Crippen LogP contribution in [0.5, 0.6) is 0 Å². The van der Waals surface area contributed by atoms with Crippen LogP contribution in [0, 0.1) is 0 Å². The van der Waals surface area contributed by atoms with E-state index in [1.165, 1.54) is 11.1 Å². The van der Waals surface area contributed by atoms with Crippen molar-refractivity contribution in [3.63, 3.8) is 0 Å². The lowest BCUT2D eigenvalue weighted by molar-refractivity contribution is 0.739. The fourth-order valence-electron chi connectivity index (χ4n) is 4.02. The molecule has 0 saturated heterocycles. The highest BCUT2D eigenvalue weighted by Crippen LogP contribution is 2.31. The Morgan fingerprint density at radius 1 is 0.900 bits per heavy atom. The number of aromatic nitrogens is 6. The molecule has 0 bridgehead atoms. The monoisotopic (exact) mass is 393 g/mol. The van der Waals surface area contributed by atoms with Crippen LogP contribution in [0.3, 0.4) is 0 Å². The largest absolute Gasteiger partial charge is 0.336 e. The molecule has 0 saturated carbocycles. The maximum absolute atomic E-state index is 4.86. The number of nitrogens with zero attached hydrogens (tertiary/aromatic N) is 4. The van der Waals surface area contributed by atoms with Gasteiger partial charge in [0.2, 0.25) is 0 Å². The van der Waals surface area contributed by atoms with Crippen molar-refractivity contribution in [1.29, 1.82) is 0 Å². The lowest BCUT2D eigenvalue weighted by Crippen LogP contribution is -2.19. The summed E-state index contributed by atoms with van der Waals surface area (Å²) in [6.07, 6.45) is 6.83.